The number of hydrogen-bond donors (Lipinski definition) is 1. The molecule has 2 aliphatic rings. The second-order valence-electron chi connectivity index (χ2n) is 8.28. The summed E-state index contributed by atoms with van der Waals surface area (Å²) < 4.78 is 28.8. The zero-order valence-corrected chi connectivity index (χ0v) is 17.9. The molecule has 1 amide bonds. The summed E-state index contributed by atoms with van der Waals surface area (Å²) in [5.74, 6) is 1.39. The molecule has 2 aromatic carbocycles. The van der Waals surface area contributed by atoms with E-state index in [2.05, 4.69) is 6.07 Å². The number of fused-ring (bicyclic) bond motifs is 1. The number of piperazine rings is 1. The minimum absolute atomic E-state index is 0.149. The third-order valence-electron chi connectivity index (χ3n) is 6.47. The molecule has 2 aromatic rings. The van der Waals surface area contributed by atoms with Gasteiger partial charge in [-0.2, -0.15) is 0 Å². The molecule has 1 N–H and O–H groups in total. The zero-order chi connectivity index (χ0) is 20.6. The molecule has 2 atom stereocenters. The first-order chi connectivity index (χ1) is 13.9. The third-order valence-corrected chi connectivity index (χ3v) is 8.24. The van der Waals surface area contributed by atoms with Crippen LogP contribution in [0.3, 0.4) is 0 Å². The predicted octanol–water partition coefficient (Wildman–Crippen LogP) is 0.866. The number of nitrogens with zero attached hydrogens (tertiary/aromatic N) is 1. The normalized spacial score (nSPS) is 23.2. The Morgan fingerprint density at radius 3 is 2.48 bits per heavy atom. The molecule has 29 heavy (non-hydrogen) atoms. The maximum absolute atomic E-state index is 13.1. The molecular weight excluding hydrogens is 388 g/mol. The average Bonchev–Trinajstić information content (AvgIpc) is 3.11. The summed E-state index contributed by atoms with van der Waals surface area (Å²) in [4.78, 5) is 16.3. The van der Waals surface area contributed by atoms with Gasteiger partial charge in [-0.3, -0.25) is 4.79 Å². The van der Waals surface area contributed by atoms with Crippen LogP contribution >= 0.6 is 0 Å². The molecule has 0 bridgehead atoms. The predicted molar refractivity (Wildman–Crippen MR) is 113 cm³/mol. The Balaban J connectivity index is 1.40. The van der Waals surface area contributed by atoms with Crippen molar-refractivity contribution >= 4 is 26.5 Å². The molecule has 0 spiro atoms. The first kappa shape index (κ1) is 20.2. The first-order valence-corrected chi connectivity index (χ1v) is 12.1. The zero-order valence-electron chi connectivity index (χ0n) is 17.1. The molecule has 0 aliphatic carbocycles. The molecule has 7 heteroatoms. The third kappa shape index (κ3) is 4.26. The largest absolute Gasteiger partial charge is 0.497 e. The van der Waals surface area contributed by atoms with E-state index in [9.17, 15) is 13.2 Å². The fraction of sp³-hybridized carbons (Fsp3) is 0.500. The van der Waals surface area contributed by atoms with Gasteiger partial charge in [-0.1, -0.05) is 24.3 Å². The highest BCUT2D eigenvalue weighted by atomic mass is 32.2. The highest BCUT2D eigenvalue weighted by Crippen LogP contribution is 2.26. The number of amides is 1. The monoisotopic (exact) mass is 417 g/mol. The molecule has 4 rings (SSSR count). The quantitative estimate of drug-likeness (QED) is 0.802. The molecule has 0 aromatic heterocycles. The SMILES string of the molecule is COc1ccc2cc([C@H](C)C(=O)N3CC[NH+]([C@H]4CCS(=O)(=O)C4)CC3)ccc2c1. The summed E-state index contributed by atoms with van der Waals surface area (Å²) in [7, 11) is -1.20. The topological polar surface area (TPSA) is 68.1 Å². The summed E-state index contributed by atoms with van der Waals surface area (Å²) in [5.41, 5.74) is 1.02. The number of ether oxygens (including phenoxy) is 1. The Hall–Kier alpha value is -2.12. The Labute approximate surface area is 172 Å². The minimum Gasteiger partial charge on any atom is -0.497 e. The molecule has 0 radical (unpaired) electrons. The van der Waals surface area contributed by atoms with Crippen LogP contribution in [-0.4, -0.2) is 70.1 Å². The van der Waals surface area contributed by atoms with E-state index in [4.69, 9.17) is 4.74 Å². The second kappa shape index (κ2) is 7.95. The fourth-order valence-corrected chi connectivity index (χ4v) is 6.42. The van der Waals surface area contributed by atoms with Gasteiger partial charge in [0.25, 0.3) is 0 Å². The van der Waals surface area contributed by atoms with Crippen LogP contribution in [0.5, 0.6) is 5.75 Å². The van der Waals surface area contributed by atoms with E-state index in [0.717, 1.165) is 41.6 Å². The average molecular weight is 418 g/mol. The van der Waals surface area contributed by atoms with Crippen LogP contribution in [0.4, 0.5) is 0 Å². The van der Waals surface area contributed by atoms with E-state index >= 15 is 0 Å². The lowest BCUT2D eigenvalue weighted by Crippen LogP contribution is -3.18. The number of nitrogens with one attached hydrogen (secondary N) is 1. The van der Waals surface area contributed by atoms with Gasteiger partial charge in [0.15, 0.2) is 9.84 Å². The van der Waals surface area contributed by atoms with Crippen molar-refractivity contribution in [1.29, 1.82) is 0 Å². The van der Waals surface area contributed by atoms with Crippen LogP contribution in [0.25, 0.3) is 10.8 Å². The number of sulfone groups is 1. The van der Waals surface area contributed by atoms with Gasteiger partial charge in [0, 0.05) is 6.42 Å². The number of hydrogen-bond acceptors (Lipinski definition) is 4. The summed E-state index contributed by atoms with van der Waals surface area (Å²) in [6.07, 6.45) is 0.754. The minimum atomic E-state index is -2.86. The molecule has 2 heterocycles. The van der Waals surface area contributed by atoms with Crippen LogP contribution in [-0.2, 0) is 14.6 Å². The highest BCUT2D eigenvalue weighted by molar-refractivity contribution is 7.91. The number of quaternary nitrogens is 1. The van der Waals surface area contributed by atoms with Crippen molar-refractivity contribution in [3.8, 4) is 5.75 Å². The van der Waals surface area contributed by atoms with Crippen molar-refractivity contribution < 1.29 is 22.8 Å². The number of methoxy groups -OCH3 is 1. The number of carbonyl (C=O) groups is 1. The Morgan fingerprint density at radius 2 is 1.83 bits per heavy atom. The van der Waals surface area contributed by atoms with Crippen LogP contribution < -0.4 is 9.64 Å². The summed E-state index contributed by atoms with van der Waals surface area (Å²) in [6, 6.07) is 12.3. The van der Waals surface area contributed by atoms with Crippen molar-refractivity contribution in [2.24, 2.45) is 0 Å². The molecular formula is C22H29N2O4S+. The van der Waals surface area contributed by atoms with E-state index in [-0.39, 0.29) is 17.9 Å². The molecule has 2 aliphatic heterocycles. The first-order valence-electron chi connectivity index (χ1n) is 10.3. The Kier molecular flexibility index (Phi) is 5.53. The lowest BCUT2D eigenvalue weighted by atomic mass is 9.96. The Bertz CT molecular complexity index is 1010. The van der Waals surface area contributed by atoms with Crippen LogP contribution in [0.15, 0.2) is 36.4 Å². The Morgan fingerprint density at radius 1 is 1.14 bits per heavy atom. The van der Waals surface area contributed by atoms with Gasteiger partial charge >= 0.3 is 0 Å². The fourth-order valence-electron chi connectivity index (χ4n) is 4.59. The smallest absolute Gasteiger partial charge is 0.230 e. The van der Waals surface area contributed by atoms with E-state index in [1.807, 2.05) is 42.2 Å². The van der Waals surface area contributed by atoms with Crippen molar-refractivity contribution in [3.05, 3.63) is 42.0 Å². The van der Waals surface area contributed by atoms with Gasteiger partial charge in [-0.15, -0.1) is 0 Å². The van der Waals surface area contributed by atoms with E-state index < -0.39 is 9.84 Å². The van der Waals surface area contributed by atoms with Gasteiger partial charge in [-0.25, -0.2) is 8.42 Å². The molecule has 6 nitrogen and oxygen atoms in total. The number of benzene rings is 2. The van der Waals surface area contributed by atoms with Crippen LogP contribution in [0.2, 0.25) is 0 Å². The molecule has 2 saturated heterocycles. The maximum atomic E-state index is 13.1. The highest BCUT2D eigenvalue weighted by Gasteiger charge is 2.38. The molecule has 0 saturated carbocycles. The van der Waals surface area contributed by atoms with E-state index in [0.29, 0.717) is 24.6 Å². The molecule has 2 fully saturated rings. The van der Waals surface area contributed by atoms with Gasteiger partial charge in [-0.05, 0) is 35.4 Å². The number of rotatable bonds is 4. The van der Waals surface area contributed by atoms with Gasteiger partial charge in [0.05, 0.1) is 45.0 Å². The number of carbonyl (C=O) groups excluding carboxylic acids is 1. The van der Waals surface area contributed by atoms with E-state index in [1.54, 1.807) is 7.11 Å². The molecule has 0 unspecified atom stereocenters. The van der Waals surface area contributed by atoms with Gasteiger partial charge < -0.3 is 14.5 Å². The van der Waals surface area contributed by atoms with Gasteiger partial charge in [0.2, 0.25) is 5.91 Å². The van der Waals surface area contributed by atoms with Crippen LogP contribution in [0, 0.1) is 0 Å². The summed E-state index contributed by atoms with van der Waals surface area (Å²) >= 11 is 0. The summed E-state index contributed by atoms with van der Waals surface area (Å²) in [5, 5.41) is 2.19. The van der Waals surface area contributed by atoms with E-state index in [1.165, 1.54) is 4.90 Å². The lowest BCUT2D eigenvalue weighted by molar-refractivity contribution is -0.925. The van der Waals surface area contributed by atoms with Crippen molar-refractivity contribution in [1.82, 2.24) is 4.90 Å². The summed E-state index contributed by atoms with van der Waals surface area (Å²) in [6.45, 7) is 5.02. The molecule has 156 valence electrons. The van der Waals surface area contributed by atoms with Crippen LogP contribution in [0.1, 0.15) is 24.8 Å². The second-order valence-corrected chi connectivity index (χ2v) is 10.5. The standard InChI is InChI=1S/C22H28N2O4S/c1-16(17-3-4-19-14-21(28-2)6-5-18(19)13-17)22(25)24-10-8-23(9-11-24)20-7-12-29(26,27)15-20/h3-6,13-14,16,20H,7-12,15H2,1-2H3/p+1/t16-,20-/m0/s1. The van der Waals surface area contributed by atoms with Crippen molar-refractivity contribution in [2.45, 2.75) is 25.3 Å². The van der Waals surface area contributed by atoms with Gasteiger partial charge in [0.1, 0.15) is 17.5 Å². The lowest BCUT2D eigenvalue weighted by Gasteiger charge is -2.36. The van der Waals surface area contributed by atoms with Crippen molar-refractivity contribution in [3.63, 3.8) is 0 Å². The van der Waals surface area contributed by atoms with Crippen molar-refractivity contribution in [2.75, 3.05) is 44.8 Å². The maximum Gasteiger partial charge on any atom is 0.230 e.